The average Bonchev–Trinajstić information content (AvgIpc) is 0.839. The molecule has 0 N–H and O–H groups in total. The van der Waals surface area contributed by atoms with Crippen molar-refractivity contribution in [1.29, 1.82) is 10.5 Å². The minimum Gasteiger partial charge on any atom is -0.494 e. The van der Waals surface area contributed by atoms with Gasteiger partial charge in [-0.25, -0.2) is 38.4 Å². The van der Waals surface area contributed by atoms with Crippen LogP contribution in [0.3, 0.4) is 0 Å². The summed E-state index contributed by atoms with van der Waals surface area (Å²) in [6.07, 6.45) is 13.8. The number of carbonyl (C=O) groups excluding carboxylic acids is 8. The molecule has 0 spiro atoms. The Hall–Kier alpha value is -14.0. The van der Waals surface area contributed by atoms with E-state index in [1.165, 1.54) is 185 Å². The first kappa shape index (κ1) is 87.4. The molecule has 0 heterocycles. The van der Waals surface area contributed by atoms with Gasteiger partial charge >= 0.3 is 47.8 Å². The van der Waals surface area contributed by atoms with Crippen LogP contribution in [-0.2, 0) is 14.2 Å². The summed E-state index contributed by atoms with van der Waals surface area (Å²) >= 11 is 0. The van der Waals surface area contributed by atoms with Gasteiger partial charge in [0, 0.05) is 12.1 Å². The van der Waals surface area contributed by atoms with Gasteiger partial charge in [-0.3, -0.25) is 0 Å². The van der Waals surface area contributed by atoms with Crippen LogP contribution in [0.15, 0.2) is 231 Å². The fourth-order valence-corrected chi connectivity index (χ4v) is 11.3. The second-order valence-corrected chi connectivity index (χ2v) is 26.6. The summed E-state index contributed by atoms with van der Waals surface area (Å²) in [5, 5.41) is 19.5. The first-order chi connectivity index (χ1) is 58.1. The highest BCUT2D eigenvalue weighted by molar-refractivity contribution is 5.97. The molecule has 0 bridgehead atoms. The van der Waals surface area contributed by atoms with Crippen LogP contribution in [0.4, 0.5) is 0 Å². The Morgan fingerprint density at radius 1 is 0.218 bits per heavy atom. The summed E-state index contributed by atoms with van der Waals surface area (Å²) in [6, 6.07) is 60.4. The maximum Gasteiger partial charge on any atom is 0.343 e. The third kappa shape index (κ3) is 28.8. The first-order valence-corrected chi connectivity index (χ1v) is 39.0. The van der Waals surface area contributed by atoms with E-state index in [9.17, 15) is 48.9 Å². The molecule has 25 heteroatoms. The Labute approximate surface area is 688 Å². The number of nitrogens with zero attached hydrogens (tertiary/aromatic N) is 2. The van der Waals surface area contributed by atoms with Gasteiger partial charge in [-0.05, 0) is 231 Å². The molecule has 0 fully saturated rings. The van der Waals surface area contributed by atoms with Crippen molar-refractivity contribution in [2.24, 2.45) is 0 Å². The van der Waals surface area contributed by atoms with Gasteiger partial charge in [0.2, 0.25) is 0 Å². The summed E-state index contributed by atoms with van der Waals surface area (Å²) in [4.78, 5) is 105. The molecule has 10 aromatic rings. The molecule has 612 valence electrons. The fraction of sp³-hybridized carbons (Fsp3) is 0.255. The highest BCUT2D eigenvalue weighted by Gasteiger charge is 2.22. The van der Waals surface area contributed by atoms with Gasteiger partial charge in [-0.1, -0.05) is 78.1 Å². The predicted molar refractivity (Wildman–Crippen MR) is 435 cm³/mol. The Bertz CT molecular complexity index is 4760. The van der Waals surface area contributed by atoms with Gasteiger partial charge in [-0.15, -0.1) is 0 Å². The maximum absolute atomic E-state index is 13.2. The smallest absolute Gasteiger partial charge is 0.343 e. The lowest BCUT2D eigenvalue weighted by molar-refractivity contribution is 0.00499. The largest absolute Gasteiger partial charge is 0.494 e. The molecular weight excluding hydrogens is 1530 g/mol. The van der Waals surface area contributed by atoms with Crippen LogP contribution in [0.1, 0.15) is 185 Å². The molecule has 0 radical (unpaired) electrons. The van der Waals surface area contributed by atoms with E-state index >= 15 is 0 Å². The van der Waals surface area contributed by atoms with E-state index in [4.69, 9.17) is 71.1 Å². The molecule has 119 heavy (non-hydrogen) atoms. The number of nitriles is 2. The van der Waals surface area contributed by atoms with Gasteiger partial charge < -0.3 is 71.1 Å². The normalized spacial score (nSPS) is 10.7. The van der Waals surface area contributed by atoms with Gasteiger partial charge in [0.25, 0.3) is 0 Å². The van der Waals surface area contributed by atoms with Crippen molar-refractivity contribution in [2.75, 3.05) is 66.1 Å². The Balaban J connectivity index is 0.542. The summed E-state index contributed by atoms with van der Waals surface area (Å²) in [5.74, 6) is -3.14. The van der Waals surface area contributed by atoms with Gasteiger partial charge in [0.05, 0.1) is 108 Å². The zero-order valence-electron chi connectivity index (χ0n) is 65.8. The number of hydrogen-bond donors (Lipinski definition) is 0. The van der Waals surface area contributed by atoms with Crippen LogP contribution in [0.2, 0.25) is 0 Å². The van der Waals surface area contributed by atoms with Crippen LogP contribution in [-0.4, -0.2) is 114 Å². The van der Waals surface area contributed by atoms with Crippen molar-refractivity contribution in [3.63, 3.8) is 0 Å². The Morgan fingerprint density at radius 3 is 0.655 bits per heavy atom. The summed E-state index contributed by atoms with van der Waals surface area (Å²) < 4.78 is 84.1. The third-order valence-corrected chi connectivity index (χ3v) is 17.8. The molecule has 0 saturated heterocycles. The molecule has 10 aromatic carbocycles. The van der Waals surface area contributed by atoms with Crippen LogP contribution >= 0.6 is 0 Å². The number of hydrogen-bond acceptors (Lipinski definition) is 25. The second kappa shape index (κ2) is 47.1. The molecule has 0 aromatic heterocycles. The van der Waals surface area contributed by atoms with E-state index in [2.05, 4.69) is 13.8 Å². The maximum atomic E-state index is 13.2. The van der Waals surface area contributed by atoms with Gasteiger partial charge in [0.1, 0.15) is 82.8 Å². The minimum absolute atomic E-state index is 0.00349. The van der Waals surface area contributed by atoms with Crippen molar-refractivity contribution in [3.05, 3.63) is 286 Å². The van der Waals surface area contributed by atoms with Crippen molar-refractivity contribution in [1.82, 2.24) is 0 Å². The van der Waals surface area contributed by atoms with E-state index in [-0.39, 0.29) is 117 Å². The summed E-state index contributed by atoms with van der Waals surface area (Å²) in [7, 11) is 0. The van der Waals surface area contributed by atoms with Crippen molar-refractivity contribution in [2.45, 2.75) is 90.9 Å². The lowest BCUT2D eigenvalue weighted by Crippen LogP contribution is -2.14. The second-order valence-electron chi connectivity index (χ2n) is 26.6. The van der Waals surface area contributed by atoms with Crippen molar-refractivity contribution in [3.8, 4) is 81.1 Å². The van der Waals surface area contributed by atoms with Crippen molar-refractivity contribution < 1.29 is 109 Å². The molecule has 0 atom stereocenters. The lowest BCUT2D eigenvalue weighted by Gasteiger charge is -2.10. The van der Waals surface area contributed by atoms with Crippen LogP contribution < -0.4 is 56.8 Å². The number of ether oxygens (including phenoxy) is 15. The van der Waals surface area contributed by atoms with Gasteiger partial charge in [0.15, 0.2) is 11.5 Å². The van der Waals surface area contributed by atoms with Gasteiger partial charge in [-0.2, -0.15) is 10.5 Å². The topological polar surface area (TPSA) is 323 Å². The highest BCUT2D eigenvalue weighted by atomic mass is 16.6. The number of rotatable bonds is 46. The standard InChI is InChI=1S/C94H88N2O23/c1-3-5-7-9-11-13-51-108-75-33-15-65(16-34-75)87(97)114-81-45-27-71(28-46-81)93(103)118-85-61-83(49-31-73(85)63-95)116-91(101)69-23-41-79(42-24-69)112-89(99)67-19-37-77(38-20-67)110-59-57-106-55-53-105-54-56-107-58-60-111-78-39-21-68(22-40-78)90(100)113-80-43-25-70(26-44-80)92(102)117-84-50-32-74(64-96)86(62-84)119-94(104)72-29-47-82(48-30-72)115-88(98)66-17-35-76(36-18-66)109-52-14-12-10-8-6-4-2/h15-50,61-62H,3-14,51-60H2,1-2H3. The molecule has 0 amide bonds. The molecule has 0 aliphatic carbocycles. The van der Waals surface area contributed by atoms with Crippen LogP contribution in [0, 0.1) is 22.7 Å². The zero-order chi connectivity index (χ0) is 83.8. The van der Waals surface area contributed by atoms with E-state index in [1.54, 1.807) is 97.1 Å². The molecule has 0 aliphatic rings. The molecule has 0 saturated carbocycles. The monoisotopic (exact) mass is 1610 g/mol. The van der Waals surface area contributed by atoms with E-state index in [1.807, 2.05) is 12.1 Å². The first-order valence-electron chi connectivity index (χ1n) is 39.0. The number of esters is 8. The fourth-order valence-electron chi connectivity index (χ4n) is 11.3. The molecule has 0 unspecified atom stereocenters. The van der Waals surface area contributed by atoms with E-state index in [0.717, 1.165) is 25.7 Å². The molecule has 25 nitrogen and oxygen atoms in total. The SMILES string of the molecule is CCCCCCCCOc1ccc(C(=O)Oc2ccc(C(=O)Oc3cc(OC(=O)c4ccc(OC(=O)c5ccc(OCCOCCOCCOCCOc6ccc(C(=O)Oc7ccc(C(=O)Oc8ccc(C#N)c(OC(=O)c9ccc(OC(=O)c%10ccc(OCCCCCCCC)cc%10)cc9)c8)cc7)cc6)cc5)cc4)ccc3C#N)cc2)cc1. The third-order valence-electron chi connectivity index (χ3n) is 17.8. The van der Waals surface area contributed by atoms with E-state index < -0.39 is 47.8 Å². The van der Waals surface area contributed by atoms with Crippen LogP contribution in [0.5, 0.6) is 69.0 Å². The quantitative estimate of drug-likeness (QED) is 0.0194. The zero-order valence-corrected chi connectivity index (χ0v) is 65.8. The molecule has 0 aliphatic heterocycles. The number of unbranched alkanes of at least 4 members (excludes halogenated alkanes) is 10. The molecule has 10 rings (SSSR count). The number of carbonyl (C=O) groups is 8. The van der Waals surface area contributed by atoms with Crippen LogP contribution in [0.25, 0.3) is 0 Å². The van der Waals surface area contributed by atoms with E-state index in [0.29, 0.717) is 73.8 Å². The number of benzene rings is 10. The van der Waals surface area contributed by atoms with Crippen molar-refractivity contribution >= 4 is 47.8 Å². The highest BCUT2D eigenvalue weighted by Crippen LogP contribution is 2.31. The summed E-state index contributed by atoms with van der Waals surface area (Å²) in [5.41, 5.74) is 1.49. The lowest BCUT2D eigenvalue weighted by atomic mass is 10.1. The minimum atomic E-state index is -0.827. The predicted octanol–water partition coefficient (Wildman–Crippen LogP) is 18.2. The Morgan fingerprint density at radius 2 is 0.412 bits per heavy atom. The average molecular weight is 1610 g/mol. The molecular formula is C94H88N2O23. The Kier molecular flexibility index (Phi) is 34.6. The summed E-state index contributed by atoms with van der Waals surface area (Å²) in [6.45, 7) is 7.81.